The topological polar surface area (TPSA) is 103 Å². The zero-order valence-corrected chi connectivity index (χ0v) is 16.2. The Morgan fingerprint density at radius 2 is 1.80 bits per heavy atom. The molecule has 2 aromatic carbocycles. The Morgan fingerprint density at radius 1 is 1.07 bits per heavy atom. The predicted molar refractivity (Wildman–Crippen MR) is 106 cm³/mol. The van der Waals surface area contributed by atoms with Gasteiger partial charge in [0.1, 0.15) is 18.2 Å². The molecule has 8 nitrogen and oxygen atoms in total. The van der Waals surface area contributed by atoms with Crippen LogP contribution in [0.25, 0.3) is 0 Å². The number of nitrogens with zero attached hydrogens (tertiary/aromatic N) is 1. The van der Waals surface area contributed by atoms with Crippen LogP contribution in [0.4, 0.5) is 10.1 Å². The fraction of sp³-hybridized carbons (Fsp3) is 0.190. The Balaban J connectivity index is 1.49. The number of carbonyl (C=O) groups excluding carboxylic acids is 2. The van der Waals surface area contributed by atoms with Crippen molar-refractivity contribution in [3.8, 4) is 5.75 Å². The number of halogens is 1. The van der Waals surface area contributed by atoms with Crippen LogP contribution in [-0.4, -0.2) is 37.2 Å². The van der Waals surface area contributed by atoms with Crippen LogP contribution in [0.15, 0.2) is 59.1 Å². The molecule has 3 rings (SSSR count). The maximum Gasteiger partial charge on any atom is 0.273 e. The average molecular weight is 413 g/mol. The number of hydrogen-bond donors (Lipinski definition) is 2. The second-order valence-electron chi connectivity index (χ2n) is 6.20. The summed E-state index contributed by atoms with van der Waals surface area (Å²) in [5.74, 6) is -0.179. The molecule has 2 amide bonds. The number of amides is 2. The molecule has 0 saturated carbocycles. The first kappa shape index (κ1) is 21.0. The highest BCUT2D eigenvalue weighted by Crippen LogP contribution is 2.18. The predicted octanol–water partition coefficient (Wildman–Crippen LogP) is 3.02. The van der Waals surface area contributed by atoms with Gasteiger partial charge < -0.3 is 24.6 Å². The maximum atomic E-state index is 12.9. The monoisotopic (exact) mass is 413 g/mol. The van der Waals surface area contributed by atoms with E-state index in [1.807, 2.05) is 0 Å². The molecule has 156 valence electrons. The van der Waals surface area contributed by atoms with Crippen LogP contribution in [0.1, 0.15) is 26.6 Å². The molecule has 3 aromatic rings. The smallest absolute Gasteiger partial charge is 0.273 e. The standard InChI is InChI=1S/C21H20FN3O5/c1-28-11-10-23-21(27)19-12-18(30-25-19)13-29-17-8-6-16(7-9-17)24-20(26)14-2-4-15(22)5-3-14/h2-9,12H,10-11,13H2,1H3,(H,23,27)(H,24,26). The molecule has 0 spiro atoms. The number of aromatic nitrogens is 1. The van der Waals surface area contributed by atoms with Gasteiger partial charge in [-0.15, -0.1) is 0 Å². The highest BCUT2D eigenvalue weighted by atomic mass is 19.1. The van der Waals surface area contributed by atoms with E-state index in [1.54, 1.807) is 31.4 Å². The first-order valence-corrected chi connectivity index (χ1v) is 9.07. The molecule has 0 radical (unpaired) electrons. The van der Waals surface area contributed by atoms with Crippen LogP contribution in [-0.2, 0) is 11.3 Å². The lowest BCUT2D eigenvalue weighted by Crippen LogP contribution is -2.27. The second kappa shape index (κ2) is 10.2. The number of rotatable bonds is 9. The minimum atomic E-state index is -0.404. The highest BCUT2D eigenvalue weighted by Gasteiger charge is 2.12. The van der Waals surface area contributed by atoms with Crippen molar-refractivity contribution in [1.29, 1.82) is 0 Å². The van der Waals surface area contributed by atoms with Gasteiger partial charge in [0.2, 0.25) is 0 Å². The number of ether oxygens (including phenoxy) is 2. The lowest BCUT2D eigenvalue weighted by molar-refractivity contribution is 0.0927. The van der Waals surface area contributed by atoms with Crippen LogP contribution >= 0.6 is 0 Å². The van der Waals surface area contributed by atoms with E-state index >= 15 is 0 Å². The fourth-order valence-corrected chi connectivity index (χ4v) is 2.44. The summed E-state index contributed by atoms with van der Waals surface area (Å²) >= 11 is 0. The number of hydrogen-bond acceptors (Lipinski definition) is 6. The molecule has 0 unspecified atom stereocenters. The minimum absolute atomic E-state index is 0.0830. The summed E-state index contributed by atoms with van der Waals surface area (Å²) in [5.41, 5.74) is 1.07. The molecule has 0 fully saturated rings. The van der Waals surface area contributed by atoms with Gasteiger partial charge in [-0.05, 0) is 48.5 Å². The van der Waals surface area contributed by atoms with Crippen LogP contribution < -0.4 is 15.4 Å². The third kappa shape index (κ3) is 5.89. The van der Waals surface area contributed by atoms with Crippen LogP contribution in [0, 0.1) is 5.82 Å². The van der Waals surface area contributed by atoms with Crippen molar-refractivity contribution in [2.45, 2.75) is 6.61 Å². The van der Waals surface area contributed by atoms with Gasteiger partial charge in [0.05, 0.1) is 6.61 Å². The van der Waals surface area contributed by atoms with Gasteiger partial charge in [0.25, 0.3) is 11.8 Å². The molecule has 0 saturated heterocycles. The van der Waals surface area contributed by atoms with Crippen molar-refractivity contribution in [3.05, 3.63) is 77.4 Å². The number of anilines is 1. The quantitative estimate of drug-likeness (QED) is 0.523. The third-order valence-corrected chi connectivity index (χ3v) is 3.98. The van der Waals surface area contributed by atoms with E-state index < -0.39 is 5.82 Å². The van der Waals surface area contributed by atoms with Gasteiger partial charge in [-0.3, -0.25) is 9.59 Å². The van der Waals surface area contributed by atoms with Gasteiger partial charge >= 0.3 is 0 Å². The Hall–Kier alpha value is -3.72. The van der Waals surface area contributed by atoms with Gasteiger partial charge in [0, 0.05) is 31.0 Å². The third-order valence-electron chi connectivity index (χ3n) is 3.98. The molecular formula is C21H20FN3O5. The summed E-state index contributed by atoms with van der Waals surface area (Å²) in [4.78, 5) is 24.0. The molecule has 2 N–H and O–H groups in total. The van der Waals surface area contributed by atoms with Crippen molar-refractivity contribution >= 4 is 17.5 Å². The summed E-state index contributed by atoms with van der Waals surface area (Å²) in [6, 6.07) is 13.5. The highest BCUT2D eigenvalue weighted by molar-refractivity contribution is 6.04. The summed E-state index contributed by atoms with van der Waals surface area (Å²) in [5, 5.41) is 9.07. The number of nitrogens with one attached hydrogen (secondary N) is 2. The van der Waals surface area contributed by atoms with Crippen LogP contribution in [0.5, 0.6) is 5.75 Å². The summed E-state index contributed by atoms with van der Waals surface area (Å²) < 4.78 is 28.5. The lowest BCUT2D eigenvalue weighted by atomic mass is 10.2. The molecule has 0 aliphatic carbocycles. The van der Waals surface area contributed by atoms with Gasteiger partial charge in [-0.2, -0.15) is 0 Å². The van der Waals surface area contributed by atoms with Crippen molar-refractivity contribution in [3.63, 3.8) is 0 Å². The summed E-state index contributed by atoms with van der Waals surface area (Å²) in [6.45, 7) is 0.859. The maximum absolute atomic E-state index is 12.9. The van der Waals surface area contributed by atoms with Crippen molar-refractivity contribution in [1.82, 2.24) is 10.5 Å². The Kier molecular flexibility index (Phi) is 7.12. The molecule has 9 heteroatoms. The summed E-state index contributed by atoms with van der Waals surface area (Å²) in [7, 11) is 1.55. The van der Waals surface area contributed by atoms with E-state index in [-0.39, 0.29) is 24.1 Å². The van der Waals surface area contributed by atoms with E-state index in [0.717, 1.165) is 0 Å². The minimum Gasteiger partial charge on any atom is -0.486 e. The van der Waals surface area contributed by atoms with E-state index in [9.17, 15) is 14.0 Å². The van der Waals surface area contributed by atoms with E-state index in [2.05, 4.69) is 15.8 Å². The van der Waals surface area contributed by atoms with E-state index in [0.29, 0.717) is 35.9 Å². The molecule has 30 heavy (non-hydrogen) atoms. The largest absolute Gasteiger partial charge is 0.486 e. The Morgan fingerprint density at radius 3 is 2.50 bits per heavy atom. The first-order valence-electron chi connectivity index (χ1n) is 9.07. The zero-order valence-electron chi connectivity index (χ0n) is 16.2. The van der Waals surface area contributed by atoms with Crippen LogP contribution in [0.3, 0.4) is 0 Å². The SMILES string of the molecule is COCCNC(=O)c1cc(COc2ccc(NC(=O)c3ccc(F)cc3)cc2)on1. The van der Waals surface area contributed by atoms with Crippen LogP contribution in [0.2, 0.25) is 0 Å². The Labute approximate surface area is 172 Å². The number of benzene rings is 2. The molecule has 0 aliphatic rings. The molecule has 1 heterocycles. The average Bonchev–Trinajstić information content (AvgIpc) is 3.23. The number of carbonyl (C=O) groups is 2. The normalized spacial score (nSPS) is 10.5. The first-order chi connectivity index (χ1) is 14.5. The molecule has 1 aromatic heterocycles. The Bertz CT molecular complexity index is 987. The van der Waals surface area contributed by atoms with E-state index in [1.165, 1.54) is 30.3 Å². The zero-order chi connectivity index (χ0) is 21.3. The molecule has 0 aliphatic heterocycles. The summed E-state index contributed by atoms with van der Waals surface area (Å²) in [6.07, 6.45) is 0. The lowest BCUT2D eigenvalue weighted by Gasteiger charge is -2.07. The van der Waals surface area contributed by atoms with Crippen molar-refractivity contribution in [2.24, 2.45) is 0 Å². The van der Waals surface area contributed by atoms with Crippen molar-refractivity contribution < 1.29 is 28.0 Å². The molecular weight excluding hydrogens is 393 g/mol. The van der Waals surface area contributed by atoms with Crippen molar-refractivity contribution in [2.75, 3.05) is 25.6 Å². The van der Waals surface area contributed by atoms with Gasteiger partial charge in [0.15, 0.2) is 11.5 Å². The molecule has 0 bridgehead atoms. The van der Waals surface area contributed by atoms with Gasteiger partial charge in [-0.25, -0.2) is 4.39 Å². The van der Waals surface area contributed by atoms with E-state index in [4.69, 9.17) is 14.0 Å². The molecule has 0 atom stereocenters. The second-order valence-corrected chi connectivity index (χ2v) is 6.20. The number of methoxy groups -OCH3 is 1. The van der Waals surface area contributed by atoms with Gasteiger partial charge in [-0.1, -0.05) is 5.16 Å². The fourth-order valence-electron chi connectivity index (χ4n) is 2.44.